The van der Waals surface area contributed by atoms with Gasteiger partial charge in [0.1, 0.15) is 12.4 Å². The SMILES string of the molecule is CN=C(NCC1C2Cc3ccccc3C12)NC1CCc2nc(COC)nn2C1.I. The third kappa shape index (κ3) is 4.01. The van der Waals surface area contributed by atoms with Crippen LogP contribution in [-0.2, 0) is 30.7 Å². The van der Waals surface area contributed by atoms with Crippen LogP contribution in [0.3, 0.4) is 0 Å². The van der Waals surface area contributed by atoms with Crippen LogP contribution in [0.25, 0.3) is 0 Å². The fourth-order valence-corrected chi connectivity index (χ4v) is 5.03. The first-order valence-corrected chi connectivity index (χ1v) is 10.2. The van der Waals surface area contributed by atoms with E-state index in [4.69, 9.17) is 4.74 Å². The van der Waals surface area contributed by atoms with Gasteiger partial charge in [0, 0.05) is 33.2 Å². The molecule has 4 atom stereocenters. The van der Waals surface area contributed by atoms with E-state index in [0.29, 0.717) is 12.6 Å². The van der Waals surface area contributed by atoms with Crippen LogP contribution in [0.2, 0.25) is 0 Å². The van der Waals surface area contributed by atoms with Gasteiger partial charge in [-0.1, -0.05) is 24.3 Å². The fraction of sp³-hybridized carbons (Fsp3) is 0.571. The Labute approximate surface area is 188 Å². The highest BCUT2D eigenvalue weighted by molar-refractivity contribution is 14.0. The second kappa shape index (κ2) is 8.59. The largest absolute Gasteiger partial charge is 0.377 e. The van der Waals surface area contributed by atoms with Crippen LogP contribution < -0.4 is 10.6 Å². The second-order valence-corrected chi connectivity index (χ2v) is 8.15. The Bertz CT molecular complexity index is 897. The predicted octanol–water partition coefficient (Wildman–Crippen LogP) is 2.11. The van der Waals surface area contributed by atoms with Gasteiger partial charge in [-0.15, -0.1) is 24.0 Å². The molecule has 1 fully saturated rings. The molecule has 2 aliphatic carbocycles. The molecule has 5 rings (SSSR count). The summed E-state index contributed by atoms with van der Waals surface area (Å²) in [5.74, 6) is 5.00. The van der Waals surface area contributed by atoms with Gasteiger partial charge in [0.25, 0.3) is 0 Å². The third-order valence-electron chi connectivity index (χ3n) is 6.45. The lowest BCUT2D eigenvalue weighted by Crippen LogP contribution is -2.47. The molecular formula is C21H29IN6O. The van der Waals surface area contributed by atoms with Crippen molar-refractivity contribution in [3.05, 3.63) is 47.0 Å². The van der Waals surface area contributed by atoms with E-state index in [-0.39, 0.29) is 24.0 Å². The smallest absolute Gasteiger partial charge is 0.191 e. The van der Waals surface area contributed by atoms with Crippen LogP contribution in [0, 0.1) is 11.8 Å². The Morgan fingerprint density at radius 3 is 3.03 bits per heavy atom. The van der Waals surface area contributed by atoms with Crippen LogP contribution in [0.15, 0.2) is 29.3 Å². The highest BCUT2D eigenvalue weighted by atomic mass is 127. The van der Waals surface area contributed by atoms with Crippen LogP contribution in [-0.4, -0.2) is 47.5 Å². The van der Waals surface area contributed by atoms with Gasteiger partial charge in [-0.2, -0.15) is 5.10 Å². The van der Waals surface area contributed by atoms with E-state index in [1.807, 2.05) is 11.7 Å². The van der Waals surface area contributed by atoms with Gasteiger partial charge in [-0.25, -0.2) is 9.67 Å². The van der Waals surface area contributed by atoms with E-state index < -0.39 is 0 Å². The zero-order valence-corrected chi connectivity index (χ0v) is 19.3. The number of rotatable bonds is 5. The highest BCUT2D eigenvalue weighted by Crippen LogP contribution is 2.60. The summed E-state index contributed by atoms with van der Waals surface area (Å²) in [6.45, 7) is 2.27. The molecule has 2 aromatic rings. The van der Waals surface area contributed by atoms with E-state index >= 15 is 0 Å². The number of methoxy groups -OCH3 is 1. The minimum absolute atomic E-state index is 0. The Morgan fingerprint density at radius 1 is 1.34 bits per heavy atom. The lowest BCUT2D eigenvalue weighted by atomic mass is 10.0. The van der Waals surface area contributed by atoms with E-state index in [1.54, 1.807) is 18.2 Å². The molecule has 0 saturated heterocycles. The summed E-state index contributed by atoms with van der Waals surface area (Å²) in [7, 11) is 3.52. The molecule has 29 heavy (non-hydrogen) atoms. The van der Waals surface area contributed by atoms with Gasteiger partial charge in [0.2, 0.25) is 0 Å². The molecule has 4 unspecified atom stereocenters. The number of aromatic nitrogens is 3. The molecular weight excluding hydrogens is 479 g/mol. The average Bonchev–Trinajstić information content (AvgIpc) is 3.05. The second-order valence-electron chi connectivity index (χ2n) is 8.15. The summed E-state index contributed by atoms with van der Waals surface area (Å²) in [5.41, 5.74) is 3.12. The van der Waals surface area contributed by atoms with Gasteiger partial charge < -0.3 is 15.4 Å². The normalized spacial score (nSPS) is 26.8. The predicted molar refractivity (Wildman–Crippen MR) is 123 cm³/mol. The first-order valence-electron chi connectivity index (χ1n) is 10.2. The number of aliphatic imine (C=N–C) groups is 1. The minimum Gasteiger partial charge on any atom is -0.377 e. The number of fused-ring (bicyclic) bond motifs is 4. The Morgan fingerprint density at radius 2 is 2.21 bits per heavy atom. The monoisotopic (exact) mass is 508 g/mol. The Balaban J connectivity index is 0.00000205. The summed E-state index contributed by atoms with van der Waals surface area (Å²) in [6.07, 6.45) is 3.20. The molecule has 8 heteroatoms. The van der Waals surface area contributed by atoms with Crippen molar-refractivity contribution in [3.63, 3.8) is 0 Å². The molecule has 0 radical (unpaired) electrons. The van der Waals surface area contributed by atoms with Crippen molar-refractivity contribution < 1.29 is 4.74 Å². The summed E-state index contributed by atoms with van der Waals surface area (Å²) < 4.78 is 7.15. The van der Waals surface area contributed by atoms with Crippen molar-refractivity contribution in [2.45, 2.75) is 44.4 Å². The quantitative estimate of drug-likeness (QED) is 0.368. The maximum absolute atomic E-state index is 5.14. The van der Waals surface area contributed by atoms with E-state index in [2.05, 4.69) is 50.0 Å². The number of benzene rings is 1. The fourth-order valence-electron chi connectivity index (χ4n) is 5.03. The van der Waals surface area contributed by atoms with Crippen molar-refractivity contribution in [3.8, 4) is 0 Å². The summed E-state index contributed by atoms with van der Waals surface area (Å²) in [4.78, 5) is 8.99. The Kier molecular flexibility index (Phi) is 6.10. The van der Waals surface area contributed by atoms with Gasteiger partial charge >= 0.3 is 0 Å². The average molecular weight is 508 g/mol. The highest BCUT2D eigenvalue weighted by Gasteiger charge is 2.54. The number of aryl methyl sites for hydroxylation is 1. The van der Waals surface area contributed by atoms with Gasteiger partial charge in [0.05, 0.1) is 6.54 Å². The number of nitrogens with one attached hydrogen (secondary N) is 2. The zero-order chi connectivity index (χ0) is 19.1. The van der Waals surface area contributed by atoms with Crippen molar-refractivity contribution >= 4 is 29.9 Å². The van der Waals surface area contributed by atoms with Gasteiger partial charge in [0.15, 0.2) is 11.8 Å². The lowest BCUT2D eigenvalue weighted by Gasteiger charge is -2.25. The number of halogens is 1. The molecule has 7 nitrogen and oxygen atoms in total. The standard InChI is InChI=1S/C21H28N6O.HI/c1-22-21(23-10-17-16-9-13-5-3-4-6-15(13)20(16)17)24-14-7-8-19-25-18(12-28-2)26-27(19)11-14;/h3-6,14,16-17,20H,7-12H2,1-2H3,(H2,22,23,24);1H. The molecule has 2 N–H and O–H groups in total. The molecule has 3 aliphatic rings. The first kappa shape index (κ1) is 20.6. The third-order valence-corrected chi connectivity index (χ3v) is 6.45. The van der Waals surface area contributed by atoms with Gasteiger partial charge in [-0.05, 0) is 41.7 Å². The zero-order valence-electron chi connectivity index (χ0n) is 17.0. The van der Waals surface area contributed by atoms with E-state index in [1.165, 1.54) is 6.42 Å². The van der Waals surface area contributed by atoms with Crippen molar-refractivity contribution in [1.29, 1.82) is 0 Å². The number of hydrogen-bond acceptors (Lipinski definition) is 4. The topological polar surface area (TPSA) is 76.4 Å². The van der Waals surface area contributed by atoms with Gasteiger partial charge in [-0.3, -0.25) is 4.99 Å². The molecule has 2 heterocycles. The van der Waals surface area contributed by atoms with Crippen LogP contribution in [0.1, 0.15) is 35.1 Å². The summed E-state index contributed by atoms with van der Waals surface area (Å²) >= 11 is 0. The lowest BCUT2D eigenvalue weighted by molar-refractivity contribution is 0.177. The molecule has 156 valence electrons. The van der Waals surface area contributed by atoms with Crippen LogP contribution in [0.4, 0.5) is 0 Å². The molecule has 1 saturated carbocycles. The number of hydrogen-bond donors (Lipinski definition) is 2. The maximum Gasteiger partial charge on any atom is 0.191 e. The number of guanidine groups is 1. The number of ether oxygens (including phenoxy) is 1. The Hall–Kier alpha value is -1.68. The van der Waals surface area contributed by atoms with Crippen LogP contribution in [0.5, 0.6) is 0 Å². The number of nitrogens with zero attached hydrogens (tertiary/aromatic N) is 4. The van der Waals surface area contributed by atoms with E-state index in [0.717, 1.165) is 61.3 Å². The molecule has 0 bridgehead atoms. The van der Waals surface area contributed by atoms with Crippen molar-refractivity contribution in [2.24, 2.45) is 16.8 Å². The molecule has 1 aliphatic heterocycles. The van der Waals surface area contributed by atoms with Crippen molar-refractivity contribution in [2.75, 3.05) is 20.7 Å². The minimum atomic E-state index is 0. The van der Waals surface area contributed by atoms with E-state index in [9.17, 15) is 0 Å². The maximum atomic E-state index is 5.14. The first-order chi connectivity index (χ1) is 13.8. The summed E-state index contributed by atoms with van der Waals surface area (Å²) in [5, 5.41) is 11.7. The molecule has 1 aromatic carbocycles. The van der Waals surface area contributed by atoms with Crippen LogP contribution >= 0.6 is 24.0 Å². The summed E-state index contributed by atoms with van der Waals surface area (Å²) in [6, 6.07) is 9.24. The molecule has 0 spiro atoms. The molecule has 0 amide bonds. The molecule has 1 aromatic heterocycles. The van der Waals surface area contributed by atoms with Crippen molar-refractivity contribution in [1.82, 2.24) is 25.4 Å².